The molecular weight excluding hydrogens is 234 g/mol. The van der Waals surface area contributed by atoms with Crippen molar-refractivity contribution in [3.8, 4) is 11.1 Å². The Morgan fingerprint density at radius 3 is 2.58 bits per heavy atom. The first-order valence-corrected chi connectivity index (χ1v) is 6.67. The molecule has 0 saturated carbocycles. The van der Waals surface area contributed by atoms with Crippen molar-refractivity contribution >= 4 is 5.91 Å². The molecule has 2 aromatic rings. The van der Waals surface area contributed by atoms with Crippen molar-refractivity contribution in [2.24, 2.45) is 0 Å². The summed E-state index contributed by atoms with van der Waals surface area (Å²) in [6, 6.07) is 16.8. The lowest BCUT2D eigenvalue weighted by molar-refractivity contribution is -0.129. The molecule has 19 heavy (non-hydrogen) atoms. The maximum absolute atomic E-state index is 11.6. The molecule has 1 aliphatic heterocycles. The lowest BCUT2D eigenvalue weighted by atomic mass is 9.91. The summed E-state index contributed by atoms with van der Waals surface area (Å²) in [5.74, 6) is 0.161. The molecule has 0 fully saturated rings. The van der Waals surface area contributed by atoms with Crippen molar-refractivity contribution in [1.29, 1.82) is 0 Å². The zero-order chi connectivity index (χ0) is 13.2. The number of carbonyl (C=O) groups excluding carboxylic acids is 1. The van der Waals surface area contributed by atoms with E-state index in [1.807, 2.05) is 11.0 Å². The van der Waals surface area contributed by atoms with Crippen LogP contribution < -0.4 is 0 Å². The smallest absolute Gasteiger partial charge is 0.219 e. The van der Waals surface area contributed by atoms with Gasteiger partial charge in [-0.3, -0.25) is 4.79 Å². The fourth-order valence-corrected chi connectivity index (χ4v) is 2.74. The summed E-state index contributed by atoms with van der Waals surface area (Å²) in [7, 11) is 0. The van der Waals surface area contributed by atoms with Crippen molar-refractivity contribution in [2.45, 2.75) is 19.9 Å². The summed E-state index contributed by atoms with van der Waals surface area (Å²) in [4.78, 5) is 13.5. The highest BCUT2D eigenvalue weighted by Crippen LogP contribution is 2.30. The van der Waals surface area contributed by atoms with Crippen LogP contribution in [0.25, 0.3) is 11.1 Å². The van der Waals surface area contributed by atoms with Crippen molar-refractivity contribution in [3.63, 3.8) is 0 Å². The van der Waals surface area contributed by atoms with Crippen molar-refractivity contribution in [3.05, 3.63) is 59.7 Å². The second kappa shape index (κ2) is 4.88. The Labute approximate surface area is 113 Å². The summed E-state index contributed by atoms with van der Waals surface area (Å²) < 4.78 is 0. The SMILES string of the molecule is CC(=O)N1CCc2cccc(-c3ccccc3)c2C1. The molecule has 0 radical (unpaired) electrons. The van der Waals surface area contributed by atoms with Gasteiger partial charge in [-0.05, 0) is 28.7 Å². The van der Waals surface area contributed by atoms with Crippen LogP contribution in [0.2, 0.25) is 0 Å². The molecular formula is C17H17NO. The predicted molar refractivity (Wildman–Crippen MR) is 76.7 cm³/mol. The third-order valence-corrected chi connectivity index (χ3v) is 3.80. The fourth-order valence-electron chi connectivity index (χ4n) is 2.74. The van der Waals surface area contributed by atoms with Gasteiger partial charge in [0, 0.05) is 20.0 Å². The van der Waals surface area contributed by atoms with Crippen LogP contribution in [0.4, 0.5) is 0 Å². The van der Waals surface area contributed by atoms with Gasteiger partial charge < -0.3 is 4.90 Å². The largest absolute Gasteiger partial charge is 0.338 e. The van der Waals surface area contributed by atoms with E-state index in [1.165, 1.54) is 22.3 Å². The Bertz CT molecular complexity index is 604. The number of carbonyl (C=O) groups is 1. The Hall–Kier alpha value is -2.09. The molecule has 1 heterocycles. The van der Waals surface area contributed by atoms with Crippen molar-refractivity contribution in [2.75, 3.05) is 6.54 Å². The number of nitrogens with zero attached hydrogens (tertiary/aromatic N) is 1. The molecule has 0 bridgehead atoms. The van der Waals surface area contributed by atoms with Gasteiger partial charge in [-0.1, -0.05) is 48.5 Å². The molecule has 0 spiro atoms. The minimum Gasteiger partial charge on any atom is -0.338 e. The lowest BCUT2D eigenvalue weighted by Gasteiger charge is -2.29. The van der Waals surface area contributed by atoms with Crippen molar-refractivity contribution in [1.82, 2.24) is 4.90 Å². The van der Waals surface area contributed by atoms with Gasteiger partial charge in [0.2, 0.25) is 5.91 Å². The fraction of sp³-hybridized carbons (Fsp3) is 0.235. The normalized spacial score (nSPS) is 14.1. The molecule has 1 amide bonds. The van der Waals surface area contributed by atoms with E-state index in [1.54, 1.807) is 6.92 Å². The van der Waals surface area contributed by atoms with E-state index in [4.69, 9.17) is 0 Å². The summed E-state index contributed by atoms with van der Waals surface area (Å²) >= 11 is 0. The number of hydrogen-bond donors (Lipinski definition) is 0. The molecule has 2 aromatic carbocycles. The van der Waals surface area contributed by atoms with E-state index >= 15 is 0 Å². The van der Waals surface area contributed by atoms with E-state index in [2.05, 4.69) is 42.5 Å². The number of fused-ring (bicyclic) bond motifs is 1. The van der Waals surface area contributed by atoms with Crippen LogP contribution in [-0.4, -0.2) is 17.4 Å². The number of amides is 1. The Balaban J connectivity index is 2.06. The summed E-state index contributed by atoms with van der Waals surface area (Å²) in [5.41, 5.74) is 5.16. The van der Waals surface area contributed by atoms with Gasteiger partial charge in [0.05, 0.1) is 0 Å². The first kappa shape index (κ1) is 12.0. The minimum atomic E-state index is 0.161. The maximum Gasteiger partial charge on any atom is 0.219 e. The summed E-state index contributed by atoms with van der Waals surface area (Å²) in [6.45, 7) is 3.21. The zero-order valence-corrected chi connectivity index (χ0v) is 11.1. The van der Waals surface area contributed by atoms with Gasteiger partial charge in [0.1, 0.15) is 0 Å². The first-order chi connectivity index (χ1) is 9.25. The maximum atomic E-state index is 11.6. The van der Waals surface area contributed by atoms with Gasteiger partial charge >= 0.3 is 0 Å². The van der Waals surface area contributed by atoms with E-state index in [-0.39, 0.29) is 5.91 Å². The quantitative estimate of drug-likeness (QED) is 0.762. The van der Waals surface area contributed by atoms with Crippen LogP contribution >= 0.6 is 0 Å². The molecule has 0 N–H and O–H groups in total. The second-order valence-electron chi connectivity index (χ2n) is 5.00. The topological polar surface area (TPSA) is 20.3 Å². The Morgan fingerprint density at radius 2 is 1.84 bits per heavy atom. The molecule has 1 aliphatic rings. The molecule has 2 heteroatoms. The number of hydrogen-bond acceptors (Lipinski definition) is 1. The van der Waals surface area contributed by atoms with Gasteiger partial charge in [-0.25, -0.2) is 0 Å². The van der Waals surface area contributed by atoms with E-state index < -0.39 is 0 Å². The van der Waals surface area contributed by atoms with Crippen LogP contribution in [0, 0.1) is 0 Å². The lowest BCUT2D eigenvalue weighted by Crippen LogP contribution is -2.34. The Morgan fingerprint density at radius 1 is 1.05 bits per heavy atom. The predicted octanol–water partition coefficient (Wildman–Crippen LogP) is 3.26. The average Bonchev–Trinajstić information content (AvgIpc) is 2.47. The van der Waals surface area contributed by atoms with Crippen molar-refractivity contribution < 1.29 is 4.79 Å². The molecule has 0 aromatic heterocycles. The molecule has 0 atom stereocenters. The van der Waals surface area contributed by atoms with Gasteiger partial charge in [0.15, 0.2) is 0 Å². The van der Waals surface area contributed by atoms with Gasteiger partial charge in [-0.15, -0.1) is 0 Å². The second-order valence-corrected chi connectivity index (χ2v) is 5.00. The minimum absolute atomic E-state index is 0.161. The van der Waals surface area contributed by atoms with Crippen LogP contribution in [0.15, 0.2) is 48.5 Å². The summed E-state index contributed by atoms with van der Waals surface area (Å²) in [5, 5.41) is 0. The van der Waals surface area contributed by atoms with Gasteiger partial charge in [0.25, 0.3) is 0 Å². The average molecular weight is 251 g/mol. The van der Waals surface area contributed by atoms with Crippen LogP contribution in [0.3, 0.4) is 0 Å². The molecule has 0 aliphatic carbocycles. The monoisotopic (exact) mass is 251 g/mol. The van der Waals surface area contributed by atoms with E-state index in [0.29, 0.717) is 0 Å². The number of benzene rings is 2. The first-order valence-electron chi connectivity index (χ1n) is 6.67. The molecule has 0 saturated heterocycles. The third kappa shape index (κ3) is 2.26. The van der Waals surface area contributed by atoms with Gasteiger partial charge in [-0.2, -0.15) is 0 Å². The van der Waals surface area contributed by atoms with Crippen LogP contribution in [0.5, 0.6) is 0 Å². The highest BCUT2D eigenvalue weighted by atomic mass is 16.2. The van der Waals surface area contributed by atoms with E-state index in [9.17, 15) is 4.79 Å². The zero-order valence-electron chi connectivity index (χ0n) is 11.1. The van der Waals surface area contributed by atoms with E-state index in [0.717, 1.165) is 19.5 Å². The molecule has 0 unspecified atom stereocenters. The summed E-state index contributed by atoms with van der Waals surface area (Å²) in [6.07, 6.45) is 0.954. The standard InChI is InChI=1S/C17H17NO/c1-13(19)18-11-10-15-8-5-9-16(17(15)12-18)14-6-3-2-4-7-14/h2-9H,10-12H2,1H3. The molecule has 2 nitrogen and oxygen atoms in total. The Kier molecular flexibility index (Phi) is 3.08. The molecule has 96 valence electrons. The highest BCUT2D eigenvalue weighted by Gasteiger charge is 2.20. The highest BCUT2D eigenvalue weighted by molar-refractivity contribution is 5.75. The molecule has 3 rings (SSSR count). The van der Waals surface area contributed by atoms with Crippen LogP contribution in [-0.2, 0) is 17.8 Å². The number of rotatable bonds is 1. The van der Waals surface area contributed by atoms with Crippen LogP contribution in [0.1, 0.15) is 18.1 Å². The third-order valence-electron chi connectivity index (χ3n) is 3.80.